The van der Waals surface area contributed by atoms with Gasteiger partial charge in [0.05, 0.1) is 6.61 Å². The van der Waals surface area contributed by atoms with Crippen molar-refractivity contribution in [3.63, 3.8) is 0 Å². The maximum atomic E-state index is 8.73. The van der Waals surface area contributed by atoms with Crippen molar-refractivity contribution < 1.29 is 19.1 Å². The molecule has 0 radical (unpaired) electrons. The van der Waals surface area contributed by atoms with Gasteiger partial charge in [-0.2, -0.15) is 0 Å². The number of morpholine rings is 1. The molecule has 1 fully saturated rings. The highest BCUT2D eigenvalue weighted by Crippen LogP contribution is 2.03. The molecule has 60 valence electrons. The Balaban J connectivity index is 2.39. The van der Waals surface area contributed by atoms with Crippen molar-refractivity contribution >= 4 is 8.80 Å². The lowest BCUT2D eigenvalue weighted by atomic mass is 10.5. The van der Waals surface area contributed by atoms with Gasteiger partial charge < -0.3 is 24.4 Å². The van der Waals surface area contributed by atoms with Gasteiger partial charge in [-0.1, -0.05) is 0 Å². The van der Waals surface area contributed by atoms with Crippen LogP contribution in [0.1, 0.15) is 0 Å². The molecule has 4 N–H and O–H groups in total. The molecule has 1 atom stereocenters. The van der Waals surface area contributed by atoms with Gasteiger partial charge in [-0.3, -0.25) is 0 Å². The van der Waals surface area contributed by atoms with Gasteiger partial charge in [0.1, 0.15) is 5.73 Å². The van der Waals surface area contributed by atoms with Gasteiger partial charge in [0.25, 0.3) is 0 Å². The van der Waals surface area contributed by atoms with Crippen molar-refractivity contribution in [2.75, 3.05) is 19.7 Å². The topological polar surface area (TPSA) is 82.0 Å². The van der Waals surface area contributed by atoms with Crippen LogP contribution >= 0.6 is 0 Å². The molecule has 1 aliphatic heterocycles. The second-order valence-electron chi connectivity index (χ2n) is 2.25. The standard InChI is InChI=1S/C4H11NO4Si/c6-10(7,8)4-3-5-1-2-9-4/h4-8H,1-3H2. The summed E-state index contributed by atoms with van der Waals surface area (Å²) in [6, 6.07) is 0. The lowest BCUT2D eigenvalue weighted by Crippen LogP contribution is -2.57. The van der Waals surface area contributed by atoms with E-state index in [1.807, 2.05) is 0 Å². The maximum Gasteiger partial charge on any atom is 0.524 e. The highest BCUT2D eigenvalue weighted by atomic mass is 28.4. The zero-order valence-corrected chi connectivity index (χ0v) is 6.45. The fourth-order valence-corrected chi connectivity index (χ4v) is 1.57. The van der Waals surface area contributed by atoms with Crippen LogP contribution in [0.4, 0.5) is 0 Å². The van der Waals surface area contributed by atoms with Crippen molar-refractivity contribution in [3.05, 3.63) is 0 Å². The van der Waals surface area contributed by atoms with E-state index in [1.165, 1.54) is 0 Å². The smallest absolute Gasteiger partial charge is 0.388 e. The van der Waals surface area contributed by atoms with Crippen molar-refractivity contribution in [2.24, 2.45) is 0 Å². The molecule has 0 spiro atoms. The molecule has 5 nitrogen and oxygen atoms in total. The van der Waals surface area contributed by atoms with Crippen molar-refractivity contribution in [2.45, 2.75) is 5.73 Å². The van der Waals surface area contributed by atoms with Crippen molar-refractivity contribution in [1.82, 2.24) is 5.32 Å². The summed E-state index contributed by atoms with van der Waals surface area (Å²) in [5.41, 5.74) is -0.804. The summed E-state index contributed by atoms with van der Waals surface area (Å²) in [5.74, 6) is 0. The molecule has 1 rings (SSSR count). The first-order valence-electron chi connectivity index (χ1n) is 3.10. The second kappa shape index (κ2) is 2.95. The molecule has 1 aliphatic rings. The summed E-state index contributed by atoms with van der Waals surface area (Å²) < 4.78 is 4.89. The molecule has 0 aromatic rings. The normalized spacial score (nSPS) is 28.5. The van der Waals surface area contributed by atoms with E-state index in [-0.39, 0.29) is 0 Å². The predicted octanol–water partition coefficient (Wildman–Crippen LogP) is -2.57. The van der Waals surface area contributed by atoms with E-state index >= 15 is 0 Å². The van der Waals surface area contributed by atoms with Crippen molar-refractivity contribution in [1.29, 1.82) is 0 Å². The Morgan fingerprint density at radius 2 is 2.10 bits per heavy atom. The van der Waals surface area contributed by atoms with Gasteiger partial charge in [-0.05, 0) is 0 Å². The third-order valence-corrected chi connectivity index (χ3v) is 2.59. The van der Waals surface area contributed by atoms with E-state index in [2.05, 4.69) is 5.32 Å². The highest BCUT2D eigenvalue weighted by molar-refractivity contribution is 6.57. The summed E-state index contributed by atoms with van der Waals surface area (Å²) in [5, 5.41) is 2.87. The fraction of sp³-hybridized carbons (Fsp3) is 1.00. The molecule has 0 bridgehead atoms. The molecule has 0 amide bonds. The number of rotatable bonds is 1. The molecule has 0 aromatic carbocycles. The quantitative estimate of drug-likeness (QED) is 0.321. The molecule has 0 aromatic heterocycles. The van der Waals surface area contributed by atoms with Crippen LogP contribution in [-0.4, -0.2) is 48.6 Å². The van der Waals surface area contributed by atoms with Crippen LogP contribution in [0.3, 0.4) is 0 Å². The average Bonchev–Trinajstić information content (AvgIpc) is 1.88. The minimum atomic E-state index is -4.04. The van der Waals surface area contributed by atoms with Crippen LogP contribution in [0.25, 0.3) is 0 Å². The molecular weight excluding hydrogens is 154 g/mol. The lowest BCUT2D eigenvalue weighted by molar-refractivity contribution is 0.0228. The Hall–Kier alpha value is 0.0169. The van der Waals surface area contributed by atoms with E-state index < -0.39 is 14.5 Å². The second-order valence-corrected chi connectivity index (χ2v) is 4.27. The largest absolute Gasteiger partial charge is 0.524 e. The first-order valence-corrected chi connectivity index (χ1v) is 5.02. The van der Waals surface area contributed by atoms with Gasteiger partial charge in [0.15, 0.2) is 0 Å². The first-order chi connectivity index (χ1) is 4.61. The van der Waals surface area contributed by atoms with Crippen molar-refractivity contribution in [3.8, 4) is 0 Å². The van der Waals surface area contributed by atoms with Gasteiger partial charge >= 0.3 is 8.80 Å². The van der Waals surface area contributed by atoms with Crippen LogP contribution in [0.2, 0.25) is 0 Å². The van der Waals surface area contributed by atoms with E-state index in [9.17, 15) is 0 Å². The van der Waals surface area contributed by atoms with Gasteiger partial charge in [-0.25, -0.2) is 0 Å². The Bertz CT molecular complexity index is 108. The van der Waals surface area contributed by atoms with E-state index in [4.69, 9.17) is 19.1 Å². The zero-order chi connectivity index (χ0) is 7.61. The third kappa shape index (κ3) is 2.01. The Morgan fingerprint density at radius 3 is 2.40 bits per heavy atom. The number of nitrogens with one attached hydrogen (secondary N) is 1. The monoisotopic (exact) mass is 165 g/mol. The summed E-state index contributed by atoms with van der Waals surface area (Å²) in [4.78, 5) is 26.2. The van der Waals surface area contributed by atoms with Crippen LogP contribution in [0, 0.1) is 0 Å². The molecule has 1 saturated heterocycles. The summed E-state index contributed by atoms with van der Waals surface area (Å²) in [6.45, 7) is 1.43. The van der Waals surface area contributed by atoms with Gasteiger partial charge in [0.2, 0.25) is 0 Å². The first kappa shape index (κ1) is 8.12. The Labute approximate surface area is 59.6 Å². The van der Waals surface area contributed by atoms with Crippen LogP contribution in [-0.2, 0) is 4.74 Å². The van der Waals surface area contributed by atoms with Gasteiger partial charge in [0, 0.05) is 13.1 Å². The van der Waals surface area contributed by atoms with Crippen LogP contribution < -0.4 is 5.32 Å². The molecular formula is C4H11NO4Si. The summed E-state index contributed by atoms with van der Waals surface area (Å²) in [7, 11) is -4.04. The highest BCUT2D eigenvalue weighted by Gasteiger charge is 2.41. The molecule has 1 unspecified atom stereocenters. The lowest BCUT2D eigenvalue weighted by Gasteiger charge is -2.26. The maximum absolute atomic E-state index is 8.73. The summed E-state index contributed by atoms with van der Waals surface area (Å²) in [6.07, 6.45) is 0. The van der Waals surface area contributed by atoms with Crippen LogP contribution in [0.15, 0.2) is 0 Å². The van der Waals surface area contributed by atoms with Crippen LogP contribution in [0.5, 0.6) is 0 Å². The Morgan fingerprint density at radius 1 is 1.40 bits per heavy atom. The average molecular weight is 165 g/mol. The molecule has 6 heteroatoms. The minimum Gasteiger partial charge on any atom is -0.388 e. The van der Waals surface area contributed by atoms with E-state index in [0.29, 0.717) is 19.7 Å². The molecule has 0 saturated carbocycles. The molecule has 0 aliphatic carbocycles. The zero-order valence-electron chi connectivity index (χ0n) is 5.45. The SMILES string of the molecule is O[Si](O)(O)C1CNCCO1. The number of hydrogen-bond acceptors (Lipinski definition) is 5. The van der Waals surface area contributed by atoms with E-state index in [0.717, 1.165) is 0 Å². The molecule has 10 heavy (non-hydrogen) atoms. The number of ether oxygens (including phenoxy) is 1. The number of hydrogen-bond donors (Lipinski definition) is 4. The predicted molar refractivity (Wildman–Crippen MR) is 35.0 cm³/mol. The minimum absolute atomic E-state index is 0.315. The fourth-order valence-electron chi connectivity index (χ4n) is 0.814. The third-order valence-electron chi connectivity index (χ3n) is 1.36. The van der Waals surface area contributed by atoms with E-state index in [1.54, 1.807) is 0 Å². The van der Waals surface area contributed by atoms with Gasteiger partial charge in [-0.15, -0.1) is 0 Å². The molecule has 1 heterocycles. The summed E-state index contributed by atoms with van der Waals surface area (Å²) >= 11 is 0. The Kier molecular flexibility index (Phi) is 2.39.